The lowest BCUT2D eigenvalue weighted by Gasteiger charge is -2.46. The van der Waals surface area contributed by atoms with Crippen molar-refractivity contribution in [2.75, 3.05) is 30.1 Å². The van der Waals surface area contributed by atoms with Gasteiger partial charge >= 0.3 is 0 Å². The molecule has 4 aliphatic rings. The summed E-state index contributed by atoms with van der Waals surface area (Å²) in [5.74, 6) is -1.32. The highest BCUT2D eigenvalue weighted by molar-refractivity contribution is 7.92. The van der Waals surface area contributed by atoms with Crippen LogP contribution in [0.5, 0.6) is 11.5 Å². The predicted molar refractivity (Wildman–Crippen MR) is 153 cm³/mol. The molecule has 0 unspecified atom stereocenters. The zero-order valence-electron chi connectivity index (χ0n) is 23.1. The Morgan fingerprint density at radius 3 is 2.38 bits per heavy atom. The second-order valence-corrected chi connectivity index (χ2v) is 13.9. The van der Waals surface area contributed by atoms with Gasteiger partial charge in [0.1, 0.15) is 17.0 Å². The number of hydrogen-bond acceptors (Lipinski definition) is 7. The number of fused-ring (bicyclic) bond motifs is 1. The highest BCUT2D eigenvalue weighted by atomic mass is 32.2. The van der Waals surface area contributed by atoms with E-state index in [0.717, 1.165) is 25.7 Å². The largest absolute Gasteiger partial charge is 0.457 e. The van der Waals surface area contributed by atoms with Crippen molar-refractivity contribution >= 4 is 27.2 Å². The standard InChI is InChI=1S/C31H31F2N3O5S/c1-35-26-9-8-25(34-28(26)36(20-11-15-40-16-12-20)30(13-14-30)29(35)37)24-17-22(42(38,39)23-18-31(32,33)19-23)7-10-27(24)41-21-5-3-2-4-6-21/h2-10,17,20,23H,11-16,18-19H2,1H3. The number of hydrogen-bond donors (Lipinski definition) is 0. The Morgan fingerprint density at radius 2 is 1.71 bits per heavy atom. The number of aromatic nitrogens is 1. The van der Waals surface area contributed by atoms with E-state index < -0.39 is 39.4 Å². The van der Waals surface area contributed by atoms with Crippen LogP contribution in [0.2, 0.25) is 0 Å². The number of sulfone groups is 1. The maximum absolute atomic E-state index is 13.6. The van der Waals surface area contributed by atoms with Crippen LogP contribution >= 0.6 is 0 Å². The maximum Gasteiger partial charge on any atom is 0.252 e. The number of carbonyl (C=O) groups excluding carboxylic acids is 1. The smallest absolute Gasteiger partial charge is 0.252 e. The maximum atomic E-state index is 13.6. The Morgan fingerprint density at radius 1 is 1.00 bits per heavy atom. The Hall–Kier alpha value is -3.57. The molecule has 7 rings (SSSR count). The minimum Gasteiger partial charge on any atom is -0.457 e. The molecule has 2 aliphatic heterocycles. The number of halogens is 2. The third-order valence-electron chi connectivity index (χ3n) is 8.91. The molecule has 1 amide bonds. The average Bonchev–Trinajstić information content (AvgIpc) is 3.77. The lowest BCUT2D eigenvalue weighted by atomic mass is 9.94. The van der Waals surface area contributed by atoms with E-state index in [-0.39, 0.29) is 16.8 Å². The normalized spacial score (nSPS) is 21.6. The van der Waals surface area contributed by atoms with Crippen molar-refractivity contribution in [3.8, 4) is 22.8 Å². The summed E-state index contributed by atoms with van der Waals surface area (Å²) in [4.78, 5) is 22.4. The molecule has 2 aromatic carbocycles. The second kappa shape index (κ2) is 9.74. The number of anilines is 2. The highest BCUT2D eigenvalue weighted by Crippen LogP contribution is 2.54. The van der Waals surface area contributed by atoms with Crippen LogP contribution in [0.1, 0.15) is 38.5 Å². The van der Waals surface area contributed by atoms with Crippen molar-refractivity contribution in [3.05, 3.63) is 60.7 Å². The molecule has 42 heavy (non-hydrogen) atoms. The Kier molecular flexibility index (Phi) is 6.32. The Bertz CT molecular complexity index is 1650. The van der Waals surface area contributed by atoms with Crippen molar-refractivity contribution in [1.82, 2.24) is 4.98 Å². The SMILES string of the molecule is CN1C(=O)C2(CC2)N(C2CCOCC2)c2nc(-c3cc(S(=O)(=O)C4CC(F)(F)C4)ccc3Oc3ccccc3)ccc21. The molecule has 0 N–H and O–H groups in total. The minimum atomic E-state index is -4.00. The van der Waals surface area contributed by atoms with E-state index in [1.165, 1.54) is 12.1 Å². The molecule has 3 aromatic rings. The molecular formula is C31H31F2N3O5S. The third kappa shape index (κ3) is 4.44. The number of para-hydroxylation sites is 1. The molecule has 1 aromatic heterocycles. The molecule has 0 bridgehead atoms. The van der Waals surface area contributed by atoms with E-state index in [1.807, 2.05) is 24.3 Å². The van der Waals surface area contributed by atoms with E-state index >= 15 is 0 Å². The number of rotatable bonds is 6. The first kappa shape index (κ1) is 27.3. The topological polar surface area (TPSA) is 89.0 Å². The van der Waals surface area contributed by atoms with Gasteiger partial charge in [-0.25, -0.2) is 22.2 Å². The van der Waals surface area contributed by atoms with Gasteiger partial charge in [0.2, 0.25) is 0 Å². The van der Waals surface area contributed by atoms with Crippen molar-refractivity contribution in [3.63, 3.8) is 0 Å². The van der Waals surface area contributed by atoms with Gasteiger partial charge in [0, 0.05) is 44.7 Å². The molecule has 1 saturated heterocycles. The molecule has 2 aliphatic carbocycles. The van der Waals surface area contributed by atoms with Crippen LogP contribution < -0.4 is 14.5 Å². The number of nitrogens with zero attached hydrogens (tertiary/aromatic N) is 3. The van der Waals surface area contributed by atoms with Crippen molar-refractivity contribution in [2.45, 2.75) is 66.2 Å². The first-order valence-electron chi connectivity index (χ1n) is 14.2. The monoisotopic (exact) mass is 595 g/mol. The van der Waals surface area contributed by atoms with Crippen LogP contribution in [0.4, 0.5) is 20.3 Å². The molecule has 220 valence electrons. The summed E-state index contributed by atoms with van der Waals surface area (Å²) >= 11 is 0. The summed E-state index contributed by atoms with van der Waals surface area (Å²) in [6.07, 6.45) is 1.64. The van der Waals surface area contributed by atoms with Crippen LogP contribution in [0.15, 0.2) is 65.6 Å². The summed E-state index contributed by atoms with van der Waals surface area (Å²) < 4.78 is 65.8. The summed E-state index contributed by atoms with van der Waals surface area (Å²) in [6.45, 7) is 1.21. The van der Waals surface area contributed by atoms with Gasteiger partial charge in [0.05, 0.1) is 21.5 Å². The fourth-order valence-electron chi connectivity index (χ4n) is 6.41. The average molecular weight is 596 g/mol. The van der Waals surface area contributed by atoms with E-state index in [2.05, 4.69) is 4.90 Å². The van der Waals surface area contributed by atoms with E-state index in [4.69, 9.17) is 14.5 Å². The second-order valence-electron chi connectivity index (χ2n) is 11.7. The van der Waals surface area contributed by atoms with Crippen molar-refractivity contribution < 1.29 is 31.5 Å². The lowest BCUT2D eigenvalue weighted by molar-refractivity contribution is -0.121. The summed E-state index contributed by atoms with van der Waals surface area (Å²) in [5, 5.41) is -1.14. The Balaban J connectivity index is 1.35. The van der Waals surface area contributed by atoms with Crippen LogP contribution in [-0.4, -0.2) is 62.3 Å². The zero-order valence-corrected chi connectivity index (χ0v) is 23.9. The minimum absolute atomic E-state index is 0.0505. The number of ether oxygens (including phenoxy) is 2. The molecule has 0 radical (unpaired) electrons. The third-order valence-corrected chi connectivity index (χ3v) is 11.0. The van der Waals surface area contributed by atoms with E-state index in [0.29, 0.717) is 47.5 Å². The van der Waals surface area contributed by atoms with Gasteiger partial charge in [-0.05, 0) is 68.1 Å². The molecule has 0 atom stereocenters. The predicted octanol–water partition coefficient (Wildman–Crippen LogP) is 5.61. The molecule has 3 heterocycles. The number of amides is 1. The molecule has 2 saturated carbocycles. The fraction of sp³-hybridized carbons (Fsp3) is 0.419. The van der Waals surface area contributed by atoms with Gasteiger partial charge in [-0.15, -0.1) is 0 Å². The van der Waals surface area contributed by atoms with Crippen LogP contribution in [0.3, 0.4) is 0 Å². The highest BCUT2D eigenvalue weighted by Gasteiger charge is 2.61. The van der Waals surface area contributed by atoms with Gasteiger partial charge in [-0.1, -0.05) is 18.2 Å². The molecule has 11 heteroatoms. The van der Waals surface area contributed by atoms with Gasteiger partial charge < -0.3 is 19.3 Å². The number of carbonyl (C=O) groups is 1. The van der Waals surface area contributed by atoms with Crippen LogP contribution in [0.25, 0.3) is 11.3 Å². The summed E-state index contributed by atoms with van der Waals surface area (Å²) in [7, 11) is -2.24. The summed E-state index contributed by atoms with van der Waals surface area (Å²) in [6, 6.07) is 17.2. The number of alkyl halides is 2. The van der Waals surface area contributed by atoms with Crippen LogP contribution in [0, 0.1) is 0 Å². The number of pyridine rings is 1. The van der Waals surface area contributed by atoms with Crippen molar-refractivity contribution in [2.24, 2.45) is 0 Å². The van der Waals surface area contributed by atoms with Crippen molar-refractivity contribution in [1.29, 1.82) is 0 Å². The quantitative estimate of drug-likeness (QED) is 0.366. The zero-order chi connectivity index (χ0) is 29.3. The molecule has 1 spiro atoms. The summed E-state index contributed by atoms with van der Waals surface area (Å²) in [5.41, 5.74) is 0.925. The van der Waals surface area contributed by atoms with Gasteiger partial charge in [-0.2, -0.15) is 0 Å². The molecular weight excluding hydrogens is 564 g/mol. The molecule has 8 nitrogen and oxygen atoms in total. The van der Waals surface area contributed by atoms with E-state index in [9.17, 15) is 22.0 Å². The number of benzene rings is 2. The van der Waals surface area contributed by atoms with Crippen LogP contribution in [-0.2, 0) is 19.4 Å². The first-order chi connectivity index (χ1) is 20.1. The van der Waals surface area contributed by atoms with E-state index in [1.54, 1.807) is 36.2 Å². The Labute approximate surface area is 243 Å². The lowest BCUT2D eigenvalue weighted by Crippen LogP contribution is -2.59. The fourth-order valence-corrected chi connectivity index (χ4v) is 8.26. The molecule has 3 fully saturated rings. The van der Waals surface area contributed by atoms with Gasteiger partial charge in [-0.3, -0.25) is 4.79 Å². The first-order valence-corrected chi connectivity index (χ1v) is 15.8. The van der Waals surface area contributed by atoms with Gasteiger partial charge in [0.15, 0.2) is 15.7 Å². The number of likely N-dealkylation sites (N-methyl/N-ethyl adjacent to an activating group) is 1. The van der Waals surface area contributed by atoms with Gasteiger partial charge in [0.25, 0.3) is 11.8 Å².